The van der Waals surface area contributed by atoms with Crippen molar-refractivity contribution in [3.63, 3.8) is 0 Å². The van der Waals surface area contributed by atoms with E-state index in [2.05, 4.69) is 26.1 Å². The van der Waals surface area contributed by atoms with Crippen LogP contribution in [0.5, 0.6) is 0 Å². The van der Waals surface area contributed by atoms with Crippen molar-refractivity contribution in [2.75, 3.05) is 18.1 Å². The highest BCUT2D eigenvalue weighted by molar-refractivity contribution is 8.01. The predicted molar refractivity (Wildman–Crippen MR) is 112 cm³/mol. The first-order valence-electron chi connectivity index (χ1n) is 8.62. The summed E-state index contributed by atoms with van der Waals surface area (Å²) < 4.78 is 26.8. The molecule has 0 aliphatic carbocycles. The smallest absolute Gasteiger partial charge is 0.243 e. The predicted octanol–water partition coefficient (Wildman–Crippen LogP) is 3.98. The van der Waals surface area contributed by atoms with Crippen LogP contribution in [0.1, 0.15) is 26.3 Å². The lowest BCUT2D eigenvalue weighted by Crippen LogP contribution is -2.26. The van der Waals surface area contributed by atoms with E-state index < -0.39 is 10.0 Å². The van der Waals surface area contributed by atoms with Gasteiger partial charge < -0.3 is 5.32 Å². The van der Waals surface area contributed by atoms with E-state index in [0.29, 0.717) is 18.0 Å². The number of sulfonamides is 1. The molecule has 0 saturated heterocycles. The molecule has 27 heavy (non-hydrogen) atoms. The summed E-state index contributed by atoms with van der Waals surface area (Å²) in [5.74, 6) is 0.246. The lowest BCUT2D eigenvalue weighted by Gasteiger charge is -2.18. The minimum absolute atomic E-state index is 0.0125. The number of hydrogen-bond donors (Lipinski definition) is 1. The van der Waals surface area contributed by atoms with Gasteiger partial charge in [0.1, 0.15) is 0 Å². The molecule has 0 unspecified atom stereocenters. The Hall–Kier alpha value is -1.83. The zero-order chi connectivity index (χ0) is 20.1. The molecule has 0 spiro atoms. The number of anilines is 1. The van der Waals surface area contributed by atoms with Gasteiger partial charge in [0.05, 0.1) is 10.6 Å². The second kappa shape index (κ2) is 8.91. The largest absolute Gasteiger partial charge is 0.325 e. The molecular formula is C20H26N2O3S2. The summed E-state index contributed by atoms with van der Waals surface area (Å²) in [7, 11) is -2.04. The maximum atomic E-state index is 12.7. The van der Waals surface area contributed by atoms with Crippen molar-refractivity contribution < 1.29 is 13.2 Å². The highest BCUT2D eigenvalue weighted by Gasteiger charge is 2.21. The summed E-state index contributed by atoms with van der Waals surface area (Å²) >= 11 is 1.56. The standard InChI is InChI=1S/C20H26N2O3S2/c1-20(2,3)26-15-19(23)21-17-10-12-18(13-11-17)27(24,25)22(4)14-16-8-6-5-7-9-16/h5-13H,14-15H2,1-4H3,(H,21,23). The van der Waals surface area contributed by atoms with Crippen LogP contribution in [-0.2, 0) is 21.4 Å². The second-order valence-electron chi connectivity index (χ2n) is 7.22. The maximum absolute atomic E-state index is 12.7. The first-order chi connectivity index (χ1) is 12.6. The summed E-state index contributed by atoms with van der Waals surface area (Å²) in [5, 5.41) is 2.79. The molecule has 0 radical (unpaired) electrons. The van der Waals surface area contributed by atoms with Crippen molar-refractivity contribution in [1.29, 1.82) is 0 Å². The van der Waals surface area contributed by atoms with E-state index in [-0.39, 0.29) is 15.5 Å². The molecule has 0 aliphatic heterocycles. The Morgan fingerprint density at radius 2 is 1.63 bits per heavy atom. The topological polar surface area (TPSA) is 66.5 Å². The van der Waals surface area contributed by atoms with E-state index >= 15 is 0 Å². The summed E-state index contributed by atoms with van der Waals surface area (Å²) in [4.78, 5) is 12.2. The van der Waals surface area contributed by atoms with Crippen LogP contribution in [0.2, 0.25) is 0 Å². The first-order valence-corrected chi connectivity index (χ1v) is 11.0. The quantitative estimate of drug-likeness (QED) is 0.755. The van der Waals surface area contributed by atoms with Gasteiger partial charge in [-0.2, -0.15) is 4.31 Å². The number of carbonyl (C=O) groups is 1. The van der Waals surface area contributed by atoms with Crippen LogP contribution in [0.15, 0.2) is 59.5 Å². The number of amides is 1. The molecule has 0 saturated carbocycles. The average molecular weight is 407 g/mol. The first kappa shape index (κ1) is 21.5. The molecule has 0 heterocycles. The molecule has 2 aromatic rings. The average Bonchev–Trinajstić information content (AvgIpc) is 2.61. The van der Waals surface area contributed by atoms with Gasteiger partial charge in [-0.05, 0) is 29.8 Å². The van der Waals surface area contributed by atoms with Crippen molar-refractivity contribution in [1.82, 2.24) is 4.31 Å². The van der Waals surface area contributed by atoms with E-state index in [0.717, 1.165) is 5.56 Å². The fourth-order valence-electron chi connectivity index (χ4n) is 2.29. The Morgan fingerprint density at radius 3 is 2.19 bits per heavy atom. The molecule has 1 amide bonds. The van der Waals surface area contributed by atoms with E-state index in [9.17, 15) is 13.2 Å². The summed E-state index contributed by atoms with van der Waals surface area (Å²) in [5.41, 5.74) is 1.50. The van der Waals surface area contributed by atoms with E-state index in [1.165, 1.54) is 16.4 Å². The Balaban J connectivity index is 2.01. The molecular weight excluding hydrogens is 380 g/mol. The number of carbonyl (C=O) groups excluding carboxylic acids is 1. The SMILES string of the molecule is CN(Cc1ccccc1)S(=O)(=O)c1ccc(NC(=O)CSC(C)(C)C)cc1. The molecule has 1 N–H and O–H groups in total. The third-order valence-corrected chi connectivity index (χ3v) is 6.82. The number of thioether (sulfide) groups is 1. The van der Waals surface area contributed by atoms with E-state index in [4.69, 9.17) is 0 Å². The van der Waals surface area contributed by atoms with Gasteiger partial charge in [-0.15, -0.1) is 11.8 Å². The van der Waals surface area contributed by atoms with Crippen LogP contribution < -0.4 is 5.32 Å². The normalized spacial score (nSPS) is 12.2. The number of nitrogens with one attached hydrogen (secondary N) is 1. The van der Waals surface area contributed by atoms with Crippen LogP contribution in [0.3, 0.4) is 0 Å². The molecule has 7 heteroatoms. The van der Waals surface area contributed by atoms with Gasteiger partial charge in [-0.25, -0.2) is 8.42 Å². The van der Waals surface area contributed by atoms with Gasteiger partial charge in [0.25, 0.3) is 0 Å². The monoisotopic (exact) mass is 406 g/mol. The lowest BCUT2D eigenvalue weighted by molar-refractivity contribution is -0.113. The van der Waals surface area contributed by atoms with Crippen molar-refractivity contribution >= 4 is 33.4 Å². The molecule has 0 aromatic heterocycles. The Morgan fingerprint density at radius 1 is 1.04 bits per heavy atom. The molecule has 2 rings (SSSR count). The summed E-state index contributed by atoms with van der Waals surface area (Å²) in [6.07, 6.45) is 0. The summed E-state index contributed by atoms with van der Waals surface area (Å²) in [6, 6.07) is 15.7. The zero-order valence-corrected chi connectivity index (χ0v) is 17.7. The van der Waals surface area contributed by atoms with Crippen molar-refractivity contribution in [3.8, 4) is 0 Å². The Bertz CT molecular complexity index is 858. The number of nitrogens with zero attached hydrogens (tertiary/aromatic N) is 1. The summed E-state index contributed by atoms with van der Waals surface area (Å²) in [6.45, 7) is 6.45. The van der Waals surface area contributed by atoms with Crippen molar-refractivity contribution in [2.45, 2.75) is 37.0 Å². The lowest BCUT2D eigenvalue weighted by atomic mass is 10.2. The number of benzene rings is 2. The molecule has 0 fully saturated rings. The third kappa shape index (κ3) is 6.68. The third-order valence-electron chi connectivity index (χ3n) is 3.73. The highest BCUT2D eigenvalue weighted by atomic mass is 32.2. The van der Waals surface area contributed by atoms with Gasteiger partial charge in [-0.3, -0.25) is 4.79 Å². The molecule has 0 bridgehead atoms. The number of rotatable bonds is 7. The second-order valence-corrected chi connectivity index (χ2v) is 11.1. The molecule has 2 aromatic carbocycles. The fraction of sp³-hybridized carbons (Fsp3) is 0.350. The van der Waals surface area contributed by atoms with Crippen molar-refractivity contribution in [2.24, 2.45) is 0 Å². The van der Waals surface area contributed by atoms with Gasteiger partial charge >= 0.3 is 0 Å². The van der Waals surface area contributed by atoms with Gasteiger partial charge in [0.2, 0.25) is 15.9 Å². The zero-order valence-electron chi connectivity index (χ0n) is 16.1. The van der Waals surface area contributed by atoms with Gasteiger partial charge in [-0.1, -0.05) is 51.1 Å². The highest BCUT2D eigenvalue weighted by Crippen LogP contribution is 2.23. The molecule has 5 nitrogen and oxygen atoms in total. The Labute approximate surface area is 166 Å². The van der Waals surface area contributed by atoms with Crippen molar-refractivity contribution in [3.05, 3.63) is 60.2 Å². The van der Waals surface area contributed by atoms with Crippen LogP contribution in [0, 0.1) is 0 Å². The van der Waals surface area contributed by atoms with Crippen LogP contribution in [-0.4, -0.2) is 36.2 Å². The Kier molecular flexibility index (Phi) is 7.08. The molecule has 0 aliphatic rings. The molecule has 146 valence electrons. The minimum atomic E-state index is -3.60. The fourth-order valence-corrected chi connectivity index (χ4v) is 4.09. The van der Waals surface area contributed by atoms with Crippen LogP contribution >= 0.6 is 11.8 Å². The van der Waals surface area contributed by atoms with E-state index in [1.807, 2.05) is 30.3 Å². The number of hydrogen-bond acceptors (Lipinski definition) is 4. The molecule has 0 atom stereocenters. The van der Waals surface area contributed by atoms with Crippen LogP contribution in [0.4, 0.5) is 5.69 Å². The maximum Gasteiger partial charge on any atom is 0.243 e. The minimum Gasteiger partial charge on any atom is -0.325 e. The van der Waals surface area contributed by atoms with E-state index in [1.54, 1.807) is 30.9 Å². The van der Waals surface area contributed by atoms with Gasteiger partial charge in [0, 0.05) is 24.0 Å². The van der Waals surface area contributed by atoms with Gasteiger partial charge in [0.15, 0.2) is 0 Å². The van der Waals surface area contributed by atoms with Crippen LogP contribution in [0.25, 0.3) is 0 Å².